The van der Waals surface area contributed by atoms with Gasteiger partial charge < -0.3 is 4.74 Å². The van der Waals surface area contributed by atoms with E-state index in [2.05, 4.69) is 0 Å². The fourth-order valence-corrected chi connectivity index (χ4v) is 1.87. The Morgan fingerprint density at radius 1 is 1.44 bits per heavy atom. The predicted molar refractivity (Wildman–Crippen MR) is 66.4 cm³/mol. The van der Waals surface area contributed by atoms with E-state index in [4.69, 9.17) is 16.3 Å². The number of hydrogen-bond acceptors (Lipinski definition) is 2. The SMILES string of the molecule is CCOC(=O)c1cccc(CCCCl)c1C(F)F. The first-order chi connectivity index (χ1) is 8.61. The van der Waals surface area contributed by atoms with Gasteiger partial charge in [0.25, 0.3) is 6.43 Å². The van der Waals surface area contributed by atoms with E-state index < -0.39 is 12.4 Å². The number of halogens is 3. The van der Waals surface area contributed by atoms with Gasteiger partial charge >= 0.3 is 5.97 Å². The fraction of sp³-hybridized carbons (Fsp3) is 0.462. The van der Waals surface area contributed by atoms with E-state index in [9.17, 15) is 13.6 Å². The molecule has 0 spiro atoms. The van der Waals surface area contributed by atoms with Gasteiger partial charge in [0.15, 0.2) is 0 Å². The minimum atomic E-state index is -2.70. The third-order valence-electron chi connectivity index (χ3n) is 2.49. The Balaban J connectivity index is 3.12. The lowest BCUT2D eigenvalue weighted by Crippen LogP contribution is -2.10. The molecule has 0 heterocycles. The summed E-state index contributed by atoms with van der Waals surface area (Å²) in [6, 6.07) is 4.54. The van der Waals surface area contributed by atoms with Crippen molar-refractivity contribution in [2.24, 2.45) is 0 Å². The van der Waals surface area contributed by atoms with E-state index in [0.717, 1.165) is 0 Å². The van der Waals surface area contributed by atoms with Gasteiger partial charge in [-0.25, -0.2) is 13.6 Å². The largest absolute Gasteiger partial charge is 0.462 e. The minimum absolute atomic E-state index is 0.0566. The van der Waals surface area contributed by atoms with E-state index >= 15 is 0 Å². The number of alkyl halides is 3. The number of carbonyl (C=O) groups is 1. The Kier molecular flexibility index (Phi) is 6.05. The second-order valence-electron chi connectivity index (χ2n) is 3.69. The van der Waals surface area contributed by atoms with Gasteiger partial charge in [0, 0.05) is 11.4 Å². The number of aryl methyl sites for hydroxylation is 1. The average Bonchev–Trinajstić information content (AvgIpc) is 2.35. The summed E-state index contributed by atoms with van der Waals surface area (Å²) < 4.78 is 30.9. The minimum Gasteiger partial charge on any atom is -0.462 e. The summed E-state index contributed by atoms with van der Waals surface area (Å²) in [5, 5.41) is 0. The number of hydrogen-bond donors (Lipinski definition) is 0. The van der Waals surface area contributed by atoms with Crippen molar-refractivity contribution in [1.29, 1.82) is 0 Å². The van der Waals surface area contributed by atoms with Crippen molar-refractivity contribution in [1.82, 2.24) is 0 Å². The van der Waals surface area contributed by atoms with Gasteiger partial charge in [-0.3, -0.25) is 0 Å². The Hall–Kier alpha value is -1.16. The third kappa shape index (κ3) is 3.67. The molecule has 100 valence electrons. The highest BCUT2D eigenvalue weighted by molar-refractivity contribution is 6.17. The van der Waals surface area contributed by atoms with Gasteiger partial charge in [0.1, 0.15) is 0 Å². The first-order valence-electron chi connectivity index (χ1n) is 5.74. The first kappa shape index (κ1) is 14.9. The zero-order chi connectivity index (χ0) is 13.5. The van der Waals surface area contributed by atoms with Crippen LogP contribution in [0, 0.1) is 0 Å². The van der Waals surface area contributed by atoms with Gasteiger partial charge in [0.05, 0.1) is 12.2 Å². The molecule has 0 aromatic heterocycles. The third-order valence-corrected chi connectivity index (χ3v) is 2.76. The topological polar surface area (TPSA) is 26.3 Å². The highest BCUT2D eigenvalue weighted by Gasteiger charge is 2.22. The quantitative estimate of drug-likeness (QED) is 0.580. The smallest absolute Gasteiger partial charge is 0.338 e. The zero-order valence-electron chi connectivity index (χ0n) is 10.1. The van der Waals surface area contributed by atoms with Crippen molar-refractivity contribution in [3.8, 4) is 0 Å². The molecule has 1 rings (SSSR count). The lowest BCUT2D eigenvalue weighted by Gasteiger charge is -2.13. The first-order valence-corrected chi connectivity index (χ1v) is 6.28. The van der Waals surface area contributed by atoms with Crippen LogP contribution in [0.2, 0.25) is 0 Å². The number of rotatable bonds is 6. The van der Waals surface area contributed by atoms with Crippen LogP contribution in [0.5, 0.6) is 0 Å². The van der Waals surface area contributed by atoms with Crippen LogP contribution in [0.25, 0.3) is 0 Å². The molecule has 0 atom stereocenters. The number of benzene rings is 1. The van der Waals surface area contributed by atoms with Gasteiger partial charge in [-0.2, -0.15) is 0 Å². The van der Waals surface area contributed by atoms with E-state index in [1.807, 2.05) is 0 Å². The highest BCUT2D eigenvalue weighted by Crippen LogP contribution is 2.28. The molecule has 5 heteroatoms. The molecule has 0 saturated carbocycles. The van der Waals surface area contributed by atoms with Gasteiger partial charge in [-0.1, -0.05) is 12.1 Å². The molecule has 0 aliphatic rings. The van der Waals surface area contributed by atoms with Gasteiger partial charge in [-0.15, -0.1) is 11.6 Å². The summed E-state index contributed by atoms with van der Waals surface area (Å²) in [5.74, 6) is -0.313. The molecule has 18 heavy (non-hydrogen) atoms. The molecule has 0 unspecified atom stereocenters. The van der Waals surface area contributed by atoms with E-state index in [-0.39, 0.29) is 17.7 Å². The molecule has 0 saturated heterocycles. The van der Waals surface area contributed by atoms with E-state index in [1.165, 1.54) is 6.07 Å². The van der Waals surface area contributed by atoms with Crippen molar-refractivity contribution >= 4 is 17.6 Å². The van der Waals surface area contributed by atoms with E-state index in [0.29, 0.717) is 24.3 Å². The number of carbonyl (C=O) groups excluding carboxylic acids is 1. The molecule has 0 bridgehead atoms. The summed E-state index contributed by atoms with van der Waals surface area (Å²) in [5.41, 5.74) is 0.163. The summed E-state index contributed by atoms with van der Waals surface area (Å²) in [6.07, 6.45) is -1.68. The summed E-state index contributed by atoms with van der Waals surface area (Å²) in [4.78, 5) is 11.6. The molecule has 1 aromatic carbocycles. The highest BCUT2D eigenvalue weighted by atomic mass is 35.5. The lowest BCUT2D eigenvalue weighted by molar-refractivity contribution is 0.0515. The molecule has 0 amide bonds. The molecule has 0 N–H and O–H groups in total. The number of ether oxygens (including phenoxy) is 1. The standard InChI is InChI=1S/C13H15ClF2O2/c1-2-18-13(17)10-7-3-5-9(6-4-8-14)11(10)12(15)16/h3,5,7,12H,2,4,6,8H2,1H3. The van der Waals surface area contributed by atoms with Crippen LogP contribution in [0.4, 0.5) is 8.78 Å². The van der Waals surface area contributed by atoms with Crippen molar-refractivity contribution in [2.45, 2.75) is 26.2 Å². The monoisotopic (exact) mass is 276 g/mol. The molecule has 0 radical (unpaired) electrons. The fourth-order valence-electron chi connectivity index (χ4n) is 1.73. The van der Waals surface area contributed by atoms with Crippen LogP contribution in [-0.2, 0) is 11.2 Å². The predicted octanol–water partition coefficient (Wildman–Crippen LogP) is 3.97. The van der Waals surface area contributed by atoms with Gasteiger partial charge in [-0.05, 0) is 31.4 Å². The summed E-state index contributed by atoms with van der Waals surface area (Å²) >= 11 is 5.56. The molecular formula is C13H15ClF2O2. The Morgan fingerprint density at radius 3 is 2.72 bits per heavy atom. The number of esters is 1. The lowest BCUT2D eigenvalue weighted by atomic mass is 9.98. The normalized spacial score (nSPS) is 10.7. The zero-order valence-corrected chi connectivity index (χ0v) is 10.8. The molecule has 1 aromatic rings. The van der Waals surface area contributed by atoms with Crippen molar-refractivity contribution < 1.29 is 18.3 Å². The molecule has 0 aliphatic heterocycles. The van der Waals surface area contributed by atoms with Crippen LogP contribution >= 0.6 is 11.6 Å². The van der Waals surface area contributed by atoms with Crippen LogP contribution in [0.1, 0.15) is 41.3 Å². The Morgan fingerprint density at radius 2 is 2.17 bits per heavy atom. The Labute approximate surface area is 110 Å². The van der Waals surface area contributed by atoms with Crippen LogP contribution in [-0.4, -0.2) is 18.5 Å². The maximum absolute atomic E-state index is 13.1. The average molecular weight is 277 g/mol. The second-order valence-corrected chi connectivity index (χ2v) is 4.07. The van der Waals surface area contributed by atoms with Crippen LogP contribution in [0.15, 0.2) is 18.2 Å². The van der Waals surface area contributed by atoms with Crippen molar-refractivity contribution in [3.05, 3.63) is 34.9 Å². The molecule has 0 fully saturated rings. The maximum Gasteiger partial charge on any atom is 0.338 e. The summed E-state index contributed by atoms with van der Waals surface area (Å²) in [6.45, 7) is 1.80. The maximum atomic E-state index is 13.1. The molecule has 0 aliphatic carbocycles. The molecular weight excluding hydrogens is 262 g/mol. The summed E-state index contributed by atoms with van der Waals surface area (Å²) in [7, 11) is 0. The van der Waals surface area contributed by atoms with Gasteiger partial charge in [0.2, 0.25) is 0 Å². The molecule has 2 nitrogen and oxygen atoms in total. The van der Waals surface area contributed by atoms with Crippen LogP contribution < -0.4 is 0 Å². The van der Waals surface area contributed by atoms with E-state index in [1.54, 1.807) is 19.1 Å². The van der Waals surface area contributed by atoms with Crippen molar-refractivity contribution in [2.75, 3.05) is 12.5 Å². The second kappa shape index (κ2) is 7.31. The van der Waals surface area contributed by atoms with Crippen molar-refractivity contribution in [3.63, 3.8) is 0 Å². The van der Waals surface area contributed by atoms with Crippen LogP contribution in [0.3, 0.4) is 0 Å². The Bertz CT molecular complexity index is 408.